The van der Waals surface area contributed by atoms with Crippen molar-refractivity contribution in [2.24, 2.45) is 4.99 Å². The second kappa shape index (κ2) is 12.1. The van der Waals surface area contributed by atoms with E-state index in [0.717, 1.165) is 19.4 Å². The van der Waals surface area contributed by atoms with Gasteiger partial charge in [-0.25, -0.2) is 0 Å². The lowest BCUT2D eigenvalue weighted by molar-refractivity contribution is -0.120. The molecule has 1 aromatic rings. The van der Waals surface area contributed by atoms with Gasteiger partial charge in [0.25, 0.3) is 0 Å². The van der Waals surface area contributed by atoms with Crippen LogP contribution >= 0.6 is 24.0 Å². The zero-order chi connectivity index (χ0) is 18.1. The molecule has 2 rings (SSSR count). The molecule has 146 valence electrons. The summed E-state index contributed by atoms with van der Waals surface area (Å²) in [6.07, 6.45) is 5.94. The van der Waals surface area contributed by atoms with E-state index in [-0.39, 0.29) is 36.4 Å². The third kappa shape index (κ3) is 7.93. The normalized spacial score (nSPS) is 16.3. The summed E-state index contributed by atoms with van der Waals surface area (Å²) >= 11 is 0. The number of hydrogen-bond donors (Lipinski definition) is 3. The first-order chi connectivity index (χ1) is 12.1. The Balaban J connectivity index is 0.00000338. The number of guanidine groups is 1. The van der Waals surface area contributed by atoms with Gasteiger partial charge in [0.1, 0.15) is 0 Å². The minimum atomic E-state index is 0. The van der Waals surface area contributed by atoms with Gasteiger partial charge in [-0.2, -0.15) is 0 Å². The van der Waals surface area contributed by atoms with E-state index in [9.17, 15) is 4.79 Å². The fraction of sp³-hybridized carbons (Fsp3) is 0.600. The molecule has 1 aliphatic rings. The number of amides is 1. The molecule has 0 spiro atoms. The van der Waals surface area contributed by atoms with Crippen LogP contribution in [0.15, 0.2) is 29.3 Å². The molecule has 3 N–H and O–H groups in total. The van der Waals surface area contributed by atoms with Gasteiger partial charge < -0.3 is 16.0 Å². The first-order valence-corrected chi connectivity index (χ1v) is 9.39. The van der Waals surface area contributed by atoms with Crippen molar-refractivity contribution in [3.8, 4) is 0 Å². The number of carbonyl (C=O) groups excluding carboxylic acids is 1. The van der Waals surface area contributed by atoms with Crippen LogP contribution in [0.3, 0.4) is 0 Å². The van der Waals surface area contributed by atoms with Gasteiger partial charge in [0.05, 0.1) is 6.54 Å². The number of benzene rings is 1. The van der Waals surface area contributed by atoms with Crippen molar-refractivity contribution >= 4 is 35.8 Å². The van der Waals surface area contributed by atoms with Gasteiger partial charge in [0.2, 0.25) is 5.91 Å². The van der Waals surface area contributed by atoms with Crippen LogP contribution < -0.4 is 16.0 Å². The largest absolute Gasteiger partial charge is 0.356 e. The molecular weight excluding hydrogens is 439 g/mol. The summed E-state index contributed by atoms with van der Waals surface area (Å²) < 4.78 is 0. The predicted molar refractivity (Wildman–Crippen MR) is 119 cm³/mol. The smallest absolute Gasteiger partial charge is 0.239 e. The van der Waals surface area contributed by atoms with E-state index in [0.29, 0.717) is 17.9 Å². The molecule has 0 aromatic heterocycles. The molecule has 1 aromatic carbocycles. The van der Waals surface area contributed by atoms with Crippen molar-refractivity contribution in [3.05, 3.63) is 35.4 Å². The predicted octanol–water partition coefficient (Wildman–Crippen LogP) is 3.33. The average Bonchev–Trinajstić information content (AvgIpc) is 2.62. The standard InChI is InChI=1S/C20H32N4O.HI/c1-15-8-7-9-17(12-15)16(2)13-22-20(21-3)23-14-19(25)24-18-10-5-4-6-11-18;/h7-9,12,16,18H,4-6,10-11,13-14H2,1-3H3,(H,24,25)(H2,21,22,23);1H. The van der Waals surface area contributed by atoms with E-state index >= 15 is 0 Å². The highest BCUT2D eigenvalue weighted by Gasteiger charge is 2.15. The second-order valence-electron chi connectivity index (χ2n) is 7.02. The van der Waals surface area contributed by atoms with Gasteiger partial charge in [-0.1, -0.05) is 56.0 Å². The van der Waals surface area contributed by atoms with Gasteiger partial charge in [-0.15, -0.1) is 24.0 Å². The maximum atomic E-state index is 12.1. The summed E-state index contributed by atoms with van der Waals surface area (Å²) in [7, 11) is 1.73. The van der Waals surface area contributed by atoms with E-state index in [4.69, 9.17) is 0 Å². The third-order valence-electron chi connectivity index (χ3n) is 4.80. The molecule has 26 heavy (non-hydrogen) atoms. The molecule has 1 aliphatic carbocycles. The molecule has 5 nitrogen and oxygen atoms in total. The summed E-state index contributed by atoms with van der Waals surface area (Å²) in [5.41, 5.74) is 2.57. The van der Waals surface area contributed by atoms with Crippen LogP contribution in [-0.2, 0) is 4.79 Å². The second-order valence-corrected chi connectivity index (χ2v) is 7.02. The Morgan fingerprint density at radius 3 is 2.62 bits per heavy atom. The molecule has 1 amide bonds. The summed E-state index contributed by atoms with van der Waals surface area (Å²) in [6, 6.07) is 8.89. The molecule has 0 radical (unpaired) electrons. The highest BCUT2D eigenvalue weighted by Crippen LogP contribution is 2.17. The fourth-order valence-corrected chi connectivity index (χ4v) is 3.25. The average molecular weight is 472 g/mol. The Hall–Kier alpha value is -1.31. The van der Waals surface area contributed by atoms with Gasteiger partial charge in [0, 0.05) is 19.6 Å². The molecule has 6 heteroatoms. The Kier molecular flexibility index (Phi) is 10.6. The molecule has 1 unspecified atom stereocenters. The Morgan fingerprint density at radius 1 is 1.23 bits per heavy atom. The first kappa shape index (κ1) is 22.7. The molecule has 1 saturated carbocycles. The number of halogens is 1. The van der Waals surface area contributed by atoms with E-state index in [1.165, 1.54) is 30.4 Å². The summed E-state index contributed by atoms with van der Waals surface area (Å²) in [5, 5.41) is 9.52. The molecule has 0 heterocycles. The number of aliphatic imine (C=N–C) groups is 1. The van der Waals surface area contributed by atoms with E-state index in [1.54, 1.807) is 7.05 Å². The van der Waals surface area contributed by atoms with Crippen LogP contribution in [-0.4, -0.2) is 38.0 Å². The molecule has 0 saturated heterocycles. The topological polar surface area (TPSA) is 65.5 Å². The maximum Gasteiger partial charge on any atom is 0.239 e. The molecule has 0 bridgehead atoms. The zero-order valence-corrected chi connectivity index (χ0v) is 18.5. The highest BCUT2D eigenvalue weighted by molar-refractivity contribution is 14.0. The first-order valence-electron chi connectivity index (χ1n) is 9.39. The molecular formula is C20H33IN4O. The van der Waals surface area contributed by atoms with Crippen molar-refractivity contribution in [3.63, 3.8) is 0 Å². The highest BCUT2D eigenvalue weighted by atomic mass is 127. The minimum Gasteiger partial charge on any atom is -0.356 e. The number of rotatable bonds is 6. The third-order valence-corrected chi connectivity index (χ3v) is 4.80. The van der Waals surface area contributed by atoms with Gasteiger partial charge in [-0.05, 0) is 31.2 Å². The monoisotopic (exact) mass is 472 g/mol. The molecule has 1 fully saturated rings. The van der Waals surface area contributed by atoms with Crippen LogP contribution in [0, 0.1) is 6.92 Å². The summed E-state index contributed by atoms with van der Waals surface area (Å²) in [6.45, 7) is 5.32. The summed E-state index contributed by atoms with van der Waals surface area (Å²) in [4.78, 5) is 16.3. The van der Waals surface area contributed by atoms with Crippen molar-refractivity contribution < 1.29 is 4.79 Å². The lowest BCUT2D eigenvalue weighted by Crippen LogP contribution is -2.46. The molecule has 0 aliphatic heterocycles. The number of aryl methyl sites for hydroxylation is 1. The van der Waals surface area contributed by atoms with Crippen molar-refractivity contribution in [1.29, 1.82) is 0 Å². The van der Waals surface area contributed by atoms with Crippen LogP contribution in [0.2, 0.25) is 0 Å². The van der Waals surface area contributed by atoms with E-state index in [2.05, 4.69) is 59.1 Å². The maximum absolute atomic E-state index is 12.1. The van der Waals surface area contributed by atoms with Gasteiger partial charge >= 0.3 is 0 Å². The SMILES string of the molecule is CN=C(NCC(=O)NC1CCCCC1)NCC(C)c1cccc(C)c1.I. The summed E-state index contributed by atoms with van der Waals surface area (Å²) in [5.74, 6) is 1.08. The number of nitrogens with zero attached hydrogens (tertiary/aromatic N) is 1. The lowest BCUT2D eigenvalue weighted by Gasteiger charge is -2.23. The zero-order valence-electron chi connectivity index (χ0n) is 16.2. The van der Waals surface area contributed by atoms with Crippen LogP contribution in [0.5, 0.6) is 0 Å². The Bertz CT molecular complexity index is 585. The minimum absolute atomic E-state index is 0. The number of carbonyl (C=O) groups is 1. The number of hydrogen-bond acceptors (Lipinski definition) is 2. The van der Waals surface area contributed by atoms with Gasteiger partial charge in [-0.3, -0.25) is 9.79 Å². The quantitative estimate of drug-likeness (QED) is 0.338. The Labute approximate surface area is 174 Å². The van der Waals surface area contributed by atoms with E-state index < -0.39 is 0 Å². The number of nitrogens with one attached hydrogen (secondary N) is 3. The van der Waals surface area contributed by atoms with Crippen LogP contribution in [0.1, 0.15) is 56.1 Å². The van der Waals surface area contributed by atoms with Crippen molar-refractivity contribution in [1.82, 2.24) is 16.0 Å². The van der Waals surface area contributed by atoms with E-state index in [1.807, 2.05) is 0 Å². The van der Waals surface area contributed by atoms with Crippen LogP contribution in [0.25, 0.3) is 0 Å². The van der Waals surface area contributed by atoms with Crippen molar-refractivity contribution in [2.75, 3.05) is 20.1 Å². The Morgan fingerprint density at radius 2 is 1.96 bits per heavy atom. The van der Waals surface area contributed by atoms with Crippen molar-refractivity contribution in [2.45, 2.75) is 57.9 Å². The fourth-order valence-electron chi connectivity index (χ4n) is 3.25. The van der Waals surface area contributed by atoms with Gasteiger partial charge in [0.15, 0.2) is 5.96 Å². The lowest BCUT2D eigenvalue weighted by atomic mass is 9.95. The molecule has 1 atom stereocenters. The van der Waals surface area contributed by atoms with Crippen LogP contribution in [0.4, 0.5) is 0 Å².